The number of thiazole rings is 1. The second-order valence-corrected chi connectivity index (χ2v) is 7.15. The molecule has 0 aliphatic carbocycles. The first-order valence-corrected chi connectivity index (χ1v) is 8.94. The third kappa shape index (κ3) is 3.80. The van der Waals surface area contributed by atoms with E-state index in [1.54, 1.807) is 42.4 Å². The molecule has 126 valence electrons. The van der Waals surface area contributed by atoms with Crippen LogP contribution in [0.25, 0.3) is 5.70 Å². The highest BCUT2D eigenvalue weighted by molar-refractivity contribution is 8.03. The first-order chi connectivity index (χ1) is 11.6. The van der Waals surface area contributed by atoms with E-state index in [4.69, 9.17) is 4.74 Å². The Bertz CT molecular complexity index is 733. The number of hydrogen-bond acceptors (Lipinski definition) is 8. The Hall–Kier alpha value is -2.26. The number of anilines is 1. The molecule has 0 saturated carbocycles. The molecule has 9 heteroatoms. The number of thioether (sulfide) groups is 1. The van der Waals surface area contributed by atoms with Gasteiger partial charge in [-0.2, -0.15) is 0 Å². The fourth-order valence-corrected chi connectivity index (χ4v) is 3.91. The van der Waals surface area contributed by atoms with Crippen LogP contribution < -0.4 is 20.7 Å². The van der Waals surface area contributed by atoms with Crippen molar-refractivity contribution in [3.05, 3.63) is 40.3 Å². The van der Waals surface area contributed by atoms with Gasteiger partial charge in [0, 0.05) is 19.2 Å². The molecule has 3 N–H and O–H groups in total. The number of amides is 1. The van der Waals surface area contributed by atoms with E-state index in [-0.39, 0.29) is 5.91 Å². The van der Waals surface area contributed by atoms with Crippen molar-refractivity contribution < 1.29 is 9.53 Å². The van der Waals surface area contributed by atoms with Gasteiger partial charge in [-0.15, -0.1) is 11.3 Å². The van der Waals surface area contributed by atoms with E-state index in [0.717, 1.165) is 16.3 Å². The van der Waals surface area contributed by atoms with Gasteiger partial charge in [-0.1, -0.05) is 11.8 Å². The number of aromatic nitrogens is 2. The largest absolute Gasteiger partial charge is 0.481 e. The summed E-state index contributed by atoms with van der Waals surface area (Å²) in [7, 11) is 1.58. The smallest absolute Gasteiger partial charge is 0.219 e. The van der Waals surface area contributed by atoms with Crippen LogP contribution in [-0.4, -0.2) is 34.5 Å². The van der Waals surface area contributed by atoms with Crippen LogP contribution in [-0.2, 0) is 4.79 Å². The van der Waals surface area contributed by atoms with Gasteiger partial charge in [-0.3, -0.25) is 9.78 Å². The average Bonchev–Trinajstić information content (AvgIpc) is 3.23. The number of rotatable bonds is 6. The topological polar surface area (TPSA) is 88.2 Å². The van der Waals surface area contributed by atoms with Crippen molar-refractivity contribution >= 4 is 40.4 Å². The quantitative estimate of drug-likeness (QED) is 0.724. The zero-order valence-electron chi connectivity index (χ0n) is 13.2. The zero-order chi connectivity index (χ0) is 17.0. The molecule has 0 fully saturated rings. The minimum Gasteiger partial charge on any atom is -0.481 e. The Morgan fingerprint density at radius 1 is 1.42 bits per heavy atom. The number of nitrogens with one attached hydrogen (secondary N) is 3. The standard InChI is InChI=1S/C15H17N5O2S2/c1-10(21)19-15(8-18-11-3-4-14(22-2)17-5-11)20-12(7-24-15)13-6-16-9-23-13/h3-7,9,18,20H,8H2,1-2H3,(H,19,21). The fourth-order valence-electron chi connectivity index (χ4n) is 2.21. The summed E-state index contributed by atoms with van der Waals surface area (Å²) in [4.78, 5) is 20.3. The van der Waals surface area contributed by atoms with Crippen LogP contribution in [0.1, 0.15) is 11.8 Å². The molecule has 0 radical (unpaired) electrons. The van der Waals surface area contributed by atoms with Crippen LogP contribution in [0.15, 0.2) is 35.4 Å². The Kier molecular flexibility index (Phi) is 4.91. The summed E-state index contributed by atoms with van der Waals surface area (Å²) in [6, 6.07) is 3.66. The molecule has 1 aliphatic heterocycles. The summed E-state index contributed by atoms with van der Waals surface area (Å²) in [6.07, 6.45) is 3.49. The van der Waals surface area contributed by atoms with Crippen LogP contribution >= 0.6 is 23.1 Å². The highest BCUT2D eigenvalue weighted by Gasteiger charge is 2.36. The van der Waals surface area contributed by atoms with Crippen molar-refractivity contribution in [2.45, 2.75) is 11.9 Å². The predicted octanol–water partition coefficient (Wildman–Crippen LogP) is 2.08. The van der Waals surface area contributed by atoms with E-state index in [2.05, 4.69) is 25.9 Å². The lowest BCUT2D eigenvalue weighted by atomic mass is 10.3. The number of carbonyl (C=O) groups is 1. The molecular formula is C15H17N5O2S2. The van der Waals surface area contributed by atoms with Crippen LogP contribution in [0.3, 0.4) is 0 Å². The molecule has 0 bridgehead atoms. The first-order valence-electron chi connectivity index (χ1n) is 7.18. The lowest BCUT2D eigenvalue weighted by molar-refractivity contribution is -0.119. The maximum atomic E-state index is 11.6. The molecule has 3 heterocycles. The number of ether oxygens (including phenoxy) is 1. The molecule has 0 spiro atoms. The SMILES string of the molecule is COc1ccc(NCC2(NC(C)=O)NC(c3cncs3)=CS2)cn1. The molecule has 2 aromatic heterocycles. The van der Waals surface area contributed by atoms with Crippen molar-refractivity contribution in [3.8, 4) is 5.88 Å². The average molecular weight is 363 g/mol. The van der Waals surface area contributed by atoms with E-state index < -0.39 is 4.99 Å². The Labute approximate surface area is 147 Å². The second kappa shape index (κ2) is 7.10. The van der Waals surface area contributed by atoms with E-state index in [0.29, 0.717) is 12.4 Å². The molecule has 1 aliphatic rings. The molecule has 1 atom stereocenters. The van der Waals surface area contributed by atoms with Gasteiger partial charge in [0.2, 0.25) is 11.8 Å². The maximum Gasteiger partial charge on any atom is 0.219 e. The van der Waals surface area contributed by atoms with E-state index in [9.17, 15) is 4.79 Å². The third-order valence-corrected chi connectivity index (χ3v) is 5.19. The minimum absolute atomic E-state index is 0.108. The molecule has 7 nitrogen and oxygen atoms in total. The molecule has 2 aromatic rings. The predicted molar refractivity (Wildman–Crippen MR) is 96.6 cm³/mol. The molecule has 24 heavy (non-hydrogen) atoms. The molecule has 1 unspecified atom stereocenters. The molecule has 3 rings (SSSR count). The summed E-state index contributed by atoms with van der Waals surface area (Å²) in [5.41, 5.74) is 3.57. The van der Waals surface area contributed by atoms with Crippen molar-refractivity contribution in [2.24, 2.45) is 0 Å². The molecule has 0 aromatic carbocycles. The van der Waals surface area contributed by atoms with Gasteiger partial charge in [-0.05, 0) is 11.5 Å². The first kappa shape index (κ1) is 16.6. The maximum absolute atomic E-state index is 11.6. The van der Waals surface area contributed by atoms with Gasteiger partial charge < -0.3 is 20.7 Å². The second-order valence-electron chi connectivity index (χ2n) is 5.09. The van der Waals surface area contributed by atoms with E-state index in [1.165, 1.54) is 18.7 Å². The molecular weight excluding hydrogens is 346 g/mol. The summed E-state index contributed by atoms with van der Waals surface area (Å²) < 4.78 is 5.05. The summed E-state index contributed by atoms with van der Waals surface area (Å²) in [6.45, 7) is 1.98. The fraction of sp³-hybridized carbons (Fsp3) is 0.267. The lowest BCUT2D eigenvalue weighted by Gasteiger charge is -2.31. The normalized spacial score (nSPS) is 19.3. The van der Waals surface area contributed by atoms with E-state index >= 15 is 0 Å². The highest BCUT2D eigenvalue weighted by Crippen LogP contribution is 2.35. The number of nitrogens with zero attached hydrogens (tertiary/aromatic N) is 2. The molecule has 0 saturated heterocycles. The van der Waals surface area contributed by atoms with Crippen LogP contribution in [0, 0.1) is 0 Å². The van der Waals surface area contributed by atoms with Crippen LogP contribution in [0.5, 0.6) is 5.88 Å². The van der Waals surface area contributed by atoms with Crippen LogP contribution in [0.4, 0.5) is 5.69 Å². The monoisotopic (exact) mass is 363 g/mol. The van der Waals surface area contributed by atoms with Gasteiger partial charge in [0.05, 0.1) is 41.6 Å². The highest BCUT2D eigenvalue weighted by atomic mass is 32.2. The molecule has 1 amide bonds. The van der Waals surface area contributed by atoms with E-state index in [1.807, 2.05) is 11.5 Å². The Morgan fingerprint density at radius 2 is 2.29 bits per heavy atom. The Balaban J connectivity index is 1.69. The van der Waals surface area contributed by atoms with Gasteiger partial charge in [-0.25, -0.2) is 4.98 Å². The lowest BCUT2D eigenvalue weighted by Crippen LogP contribution is -2.57. The minimum atomic E-state index is -0.662. The zero-order valence-corrected chi connectivity index (χ0v) is 14.8. The Morgan fingerprint density at radius 3 is 2.92 bits per heavy atom. The summed E-state index contributed by atoms with van der Waals surface area (Å²) >= 11 is 3.06. The number of carbonyl (C=O) groups excluding carboxylic acids is 1. The van der Waals surface area contributed by atoms with Gasteiger partial charge in [0.15, 0.2) is 4.99 Å². The number of hydrogen-bond donors (Lipinski definition) is 3. The van der Waals surface area contributed by atoms with Crippen molar-refractivity contribution in [3.63, 3.8) is 0 Å². The summed E-state index contributed by atoms with van der Waals surface area (Å²) in [5, 5.41) is 11.6. The van der Waals surface area contributed by atoms with Gasteiger partial charge in [0.25, 0.3) is 0 Å². The summed E-state index contributed by atoms with van der Waals surface area (Å²) in [5.74, 6) is 0.447. The van der Waals surface area contributed by atoms with Crippen molar-refractivity contribution in [1.29, 1.82) is 0 Å². The number of methoxy groups -OCH3 is 1. The van der Waals surface area contributed by atoms with Crippen molar-refractivity contribution in [2.75, 3.05) is 19.0 Å². The number of pyridine rings is 1. The third-order valence-electron chi connectivity index (χ3n) is 3.28. The van der Waals surface area contributed by atoms with Crippen molar-refractivity contribution in [1.82, 2.24) is 20.6 Å². The van der Waals surface area contributed by atoms with Gasteiger partial charge >= 0.3 is 0 Å². The van der Waals surface area contributed by atoms with Crippen LogP contribution in [0.2, 0.25) is 0 Å². The van der Waals surface area contributed by atoms with Gasteiger partial charge in [0.1, 0.15) is 0 Å².